The van der Waals surface area contributed by atoms with Crippen molar-refractivity contribution >= 4 is 23.4 Å². The van der Waals surface area contributed by atoms with Crippen molar-refractivity contribution in [1.82, 2.24) is 9.88 Å². The molecule has 22 heavy (non-hydrogen) atoms. The first-order chi connectivity index (χ1) is 10.3. The van der Waals surface area contributed by atoms with Gasteiger partial charge in [0, 0.05) is 26.2 Å². The van der Waals surface area contributed by atoms with Crippen LogP contribution in [0.1, 0.15) is 20.8 Å². The molecule has 1 saturated heterocycles. The second kappa shape index (κ2) is 6.60. The van der Waals surface area contributed by atoms with Crippen LogP contribution in [0.3, 0.4) is 0 Å². The molecule has 1 aromatic rings. The molecule has 0 aliphatic carbocycles. The minimum Gasteiger partial charge on any atom is -0.479 e. The number of carbonyl (C=O) groups excluding carboxylic acids is 1. The van der Waals surface area contributed by atoms with Gasteiger partial charge < -0.3 is 19.3 Å². The number of hydrogen-bond acceptors (Lipinski definition) is 5. The predicted octanol–water partition coefficient (Wildman–Crippen LogP) is 2.80. The molecule has 1 aliphatic rings. The molecule has 0 atom stereocenters. The Hall–Kier alpha value is -1.69. The van der Waals surface area contributed by atoms with Gasteiger partial charge in [0.05, 0.1) is 7.11 Å². The minimum atomic E-state index is -0.475. The second-order valence-corrected chi connectivity index (χ2v) is 6.50. The van der Waals surface area contributed by atoms with Gasteiger partial charge >= 0.3 is 6.09 Å². The number of nitrogens with zero attached hydrogens (tertiary/aromatic N) is 3. The lowest BCUT2D eigenvalue weighted by molar-refractivity contribution is 0.0240. The molecule has 0 bridgehead atoms. The standard InChI is InChI=1S/C15H22ClN3O3/c1-15(2,3)22-14(20)19-9-7-18(8-10-19)11-5-6-12(16)17-13(11)21-4/h5-6H,7-10H2,1-4H3. The first-order valence-corrected chi connectivity index (χ1v) is 7.61. The molecule has 0 aromatic carbocycles. The van der Waals surface area contributed by atoms with E-state index in [9.17, 15) is 4.79 Å². The van der Waals surface area contributed by atoms with Crippen LogP contribution in [-0.4, -0.2) is 54.9 Å². The Morgan fingerprint density at radius 2 is 1.86 bits per heavy atom. The third kappa shape index (κ3) is 4.16. The van der Waals surface area contributed by atoms with E-state index in [1.54, 1.807) is 18.1 Å². The van der Waals surface area contributed by atoms with Crippen molar-refractivity contribution in [3.8, 4) is 5.88 Å². The van der Waals surface area contributed by atoms with Gasteiger partial charge in [-0.05, 0) is 32.9 Å². The van der Waals surface area contributed by atoms with Crippen LogP contribution in [0.4, 0.5) is 10.5 Å². The zero-order valence-corrected chi connectivity index (χ0v) is 14.2. The van der Waals surface area contributed by atoms with Gasteiger partial charge in [0.15, 0.2) is 0 Å². The third-order valence-electron chi connectivity index (χ3n) is 3.27. The number of anilines is 1. The molecule has 0 spiro atoms. The number of hydrogen-bond donors (Lipinski definition) is 0. The van der Waals surface area contributed by atoms with Crippen LogP contribution in [0.15, 0.2) is 12.1 Å². The molecule has 0 radical (unpaired) electrons. The van der Waals surface area contributed by atoms with Gasteiger partial charge in [-0.15, -0.1) is 0 Å². The highest BCUT2D eigenvalue weighted by atomic mass is 35.5. The SMILES string of the molecule is COc1nc(Cl)ccc1N1CCN(C(=O)OC(C)(C)C)CC1. The number of carbonyl (C=O) groups is 1. The van der Waals surface area contributed by atoms with Crippen LogP contribution in [0.5, 0.6) is 5.88 Å². The number of rotatable bonds is 2. The molecular formula is C15H22ClN3O3. The summed E-state index contributed by atoms with van der Waals surface area (Å²) in [5.41, 5.74) is 0.410. The van der Waals surface area contributed by atoms with E-state index in [-0.39, 0.29) is 6.09 Å². The summed E-state index contributed by atoms with van der Waals surface area (Å²) in [5, 5.41) is 0.396. The molecule has 0 unspecified atom stereocenters. The maximum atomic E-state index is 12.1. The fourth-order valence-electron chi connectivity index (χ4n) is 2.26. The Morgan fingerprint density at radius 3 is 2.41 bits per heavy atom. The quantitative estimate of drug-likeness (QED) is 0.782. The summed E-state index contributed by atoms with van der Waals surface area (Å²) in [6.45, 7) is 8.18. The fourth-order valence-corrected chi connectivity index (χ4v) is 2.40. The van der Waals surface area contributed by atoms with E-state index in [0.29, 0.717) is 37.2 Å². The van der Waals surface area contributed by atoms with Crippen molar-refractivity contribution in [2.75, 3.05) is 38.2 Å². The van der Waals surface area contributed by atoms with Crippen molar-refractivity contribution in [2.24, 2.45) is 0 Å². The van der Waals surface area contributed by atoms with Crippen LogP contribution < -0.4 is 9.64 Å². The molecule has 0 N–H and O–H groups in total. The Kier molecular flexibility index (Phi) is 5.01. The van der Waals surface area contributed by atoms with Crippen molar-refractivity contribution in [2.45, 2.75) is 26.4 Å². The van der Waals surface area contributed by atoms with Crippen molar-refractivity contribution in [1.29, 1.82) is 0 Å². The third-order valence-corrected chi connectivity index (χ3v) is 3.48. The number of halogens is 1. The molecule has 2 heterocycles. The Labute approximate surface area is 136 Å². The van der Waals surface area contributed by atoms with E-state index < -0.39 is 5.60 Å². The average molecular weight is 328 g/mol. The molecule has 2 rings (SSSR count). The van der Waals surface area contributed by atoms with E-state index in [2.05, 4.69) is 9.88 Å². The summed E-state index contributed by atoms with van der Waals surface area (Å²) >= 11 is 5.88. The predicted molar refractivity (Wildman–Crippen MR) is 85.8 cm³/mol. The first kappa shape index (κ1) is 16.7. The molecule has 7 heteroatoms. The Bertz CT molecular complexity index is 537. The lowest BCUT2D eigenvalue weighted by Crippen LogP contribution is -2.50. The zero-order valence-electron chi connectivity index (χ0n) is 13.4. The second-order valence-electron chi connectivity index (χ2n) is 6.12. The van der Waals surface area contributed by atoms with E-state index in [1.807, 2.05) is 26.8 Å². The highest BCUT2D eigenvalue weighted by molar-refractivity contribution is 6.29. The first-order valence-electron chi connectivity index (χ1n) is 7.23. The largest absolute Gasteiger partial charge is 0.479 e. The monoisotopic (exact) mass is 327 g/mol. The summed E-state index contributed by atoms with van der Waals surface area (Å²) in [5.74, 6) is 0.498. The molecule has 1 aromatic heterocycles. The van der Waals surface area contributed by atoms with Gasteiger partial charge in [-0.1, -0.05) is 11.6 Å². The van der Waals surface area contributed by atoms with Crippen LogP contribution in [0.2, 0.25) is 5.15 Å². The smallest absolute Gasteiger partial charge is 0.410 e. The minimum absolute atomic E-state index is 0.270. The van der Waals surface area contributed by atoms with Gasteiger partial charge in [0.2, 0.25) is 5.88 Å². The average Bonchev–Trinajstić information content (AvgIpc) is 2.45. The van der Waals surface area contributed by atoms with Gasteiger partial charge in [-0.2, -0.15) is 4.98 Å². The van der Waals surface area contributed by atoms with Gasteiger partial charge in [0.25, 0.3) is 0 Å². The molecule has 1 fully saturated rings. The van der Waals surface area contributed by atoms with Crippen molar-refractivity contribution in [3.05, 3.63) is 17.3 Å². The fraction of sp³-hybridized carbons (Fsp3) is 0.600. The highest BCUT2D eigenvalue weighted by Crippen LogP contribution is 2.28. The van der Waals surface area contributed by atoms with Crippen molar-refractivity contribution in [3.63, 3.8) is 0 Å². The molecular weight excluding hydrogens is 306 g/mol. The Morgan fingerprint density at radius 1 is 1.23 bits per heavy atom. The normalized spacial score (nSPS) is 15.7. The summed E-state index contributed by atoms with van der Waals surface area (Å²) in [7, 11) is 1.57. The summed E-state index contributed by atoms with van der Waals surface area (Å²) in [6, 6.07) is 3.62. The zero-order chi connectivity index (χ0) is 16.3. The lowest BCUT2D eigenvalue weighted by atomic mass is 10.2. The van der Waals surface area contributed by atoms with Gasteiger partial charge in [0.1, 0.15) is 16.4 Å². The number of ether oxygens (including phenoxy) is 2. The van der Waals surface area contributed by atoms with Crippen LogP contribution in [-0.2, 0) is 4.74 Å². The van der Waals surface area contributed by atoms with Gasteiger partial charge in [-0.3, -0.25) is 0 Å². The summed E-state index contributed by atoms with van der Waals surface area (Å²) in [6.07, 6.45) is -0.270. The topological polar surface area (TPSA) is 54.9 Å². The van der Waals surface area contributed by atoms with E-state index in [4.69, 9.17) is 21.1 Å². The maximum absolute atomic E-state index is 12.1. The number of piperazine rings is 1. The summed E-state index contributed by atoms with van der Waals surface area (Å²) in [4.78, 5) is 20.1. The van der Waals surface area contributed by atoms with E-state index in [0.717, 1.165) is 5.69 Å². The van der Waals surface area contributed by atoms with Crippen molar-refractivity contribution < 1.29 is 14.3 Å². The van der Waals surface area contributed by atoms with E-state index >= 15 is 0 Å². The summed E-state index contributed by atoms with van der Waals surface area (Å²) < 4.78 is 10.7. The van der Waals surface area contributed by atoms with Crippen LogP contribution in [0, 0.1) is 0 Å². The van der Waals surface area contributed by atoms with Crippen LogP contribution >= 0.6 is 11.6 Å². The molecule has 122 valence electrons. The van der Waals surface area contributed by atoms with Crippen LogP contribution in [0.25, 0.3) is 0 Å². The molecule has 1 amide bonds. The maximum Gasteiger partial charge on any atom is 0.410 e. The molecule has 0 saturated carbocycles. The highest BCUT2D eigenvalue weighted by Gasteiger charge is 2.27. The number of aromatic nitrogens is 1. The lowest BCUT2D eigenvalue weighted by Gasteiger charge is -2.36. The van der Waals surface area contributed by atoms with E-state index in [1.165, 1.54) is 0 Å². The molecule has 6 nitrogen and oxygen atoms in total. The number of amides is 1. The number of methoxy groups -OCH3 is 1. The van der Waals surface area contributed by atoms with Gasteiger partial charge in [-0.25, -0.2) is 4.79 Å². The number of pyridine rings is 1. The molecule has 1 aliphatic heterocycles. The Balaban J connectivity index is 1.99.